The fraction of sp³-hybridized carbons (Fsp3) is 0.625. The maximum absolute atomic E-state index is 5.32. The summed E-state index contributed by atoms with van der Waals surface area (Å²) in [6.07, 6.45) is 3.83. The van der Waals surface area contributed by atoms with Crippen LogP contribution in [0.1, 0.15) is 51.6 Å². The first-order valence-corrected chi connectivity index (χ1v) is 7.10. The number of ether oxygens (including phenoxy) is 1. The van der Waals surface area contributed by atoms with Crippen LogP contribution >= 0.6 is 0 Å². The molecule has 0 radical (unpaired) electrons. The molecule has 102 valence electrons. The Hall–Kier alpha value is -1.02. The van der Waals surface area contributed by atoms with Crippen LogP contribution in [0.25, 0.3) is 0 Å². The average Bonchev–Trinajstić information content (AvgIpc) is 2.42. The number of hydrogen-bond donors (Lipinski definition) is 1. The molecular formula is C16H27NO. The Balaban J connectivity index is 2.81. The Labute approximate surface area is 112 Å². The Morgan fingerprint density at radius 1 is 1.28 bits per heavy atom. The van der Waals surface area contributed by atoms with Crippen molar-refractivity contribution in [3.05, 3.63) is 29.8 Å². The van der Waals surface area contributed by atoms with Gasteiger partial charge in [-0.3, -0.25) is 0 Å². The van der Waals surface area contributed by atoms with E-state index in [9.17, 15) is 0 Å². The maximum atomic E-state index is 5.32. The minimum absolute atomic E-state index is 0.427. The summed E-state index contributed by atoms with van der Waals surface area (Å²) in [4.78, 5) is 0. The molecule has 0 spiro atoms. The van der Waals surface area contributed by atoms with E-state index in [4.69, 9.17) is 4.74 Å². The van der Waals surface area contributed by atoms with Gasteiger partial charge in [-0.15, -0.1) is 0 Å². The third kappa shape index (κ3) is 4.34. The first kappa shape index (κ1) is 15.0. The predicted octanol–water partition coefficient (Wildman–Crippen LogP) is 4.17. The van der Waals surface area contributed by atoms with Crippen molar-refractivity contribution in [2.45, 2.75) is 46.1 Å². The van der Waals surface area contributed by atoms with Gasteiger partial charge in [0.25, 0.3) is 0 Å². The molecule has 18 heavy (non-hydrogen) atoms. The van der Waals surface area contributed by atoms with Gasteiger partial charge < -0.3 is 10.1 Å². The highest BCUT2D eigenvalue weighted by atomic mass is 16.5. The van der Waals surface area contributed by atoms with E-state index in [0.29, 0.717) is 12.0 Å². The van der Waals surface area contributed by atoms with E-state index in [0.717, 1.165) is 12.3 Å². The summed E-state index contributed by atoms with van der Waals surface area (Å²) in [7, 11) is 1.72. The molecule has 0 aliphatic heterocycles. The molecule has 0 aliphatic rings. The molecule has 0 amide bonds. The first-order chi connectivity index (χ1) is 8.72. The summed E-state index contributed by atoms with van der Waals surface area (Å²) >= 11 is 0. The maximum Gasteiger partial charge on any atom is 0.119 e. The van der Waals surface area contributed by atoms with E-state index < -0.39 is 0 Å². The van der Waals surface area contributed by atoms with Gasteiger partial charge in [0.2, 0.25) is 0 Å². The van der Waals surface area contributed by atoms with Crippen molar-refractivity contribution >= 4 is 0 Å². The summed E-state index contributed by atoms with van der Waals surface area (Å²) in [5.74, 6) is 1.59. The van der Waals surface area contributed by atoms with Crippen LogP contribution in [0.3, 0.4) is 0 Å². The van der Waals surface area contributed by atoms with Crippen LogP contribution in [0.2, 0.25) is 0 Å². The number of benzene rings is 1. The average molecular weight is 249 g/mol. The molecule has 0 aliphatic carbocycles. The molecule has 1 rings (SSSR count). The highest BCUT2D eigenvalue weighted by Gasteiger charge is 2.18. The molecule has 1 aromatic rings. The lowest BCUT2D eigenvalue weighted by atomic mass is 9.90. The molecule has 0 heterocycles. The van der Waals surface area contributed by atoms with E-state index in [2.05, 4.69) is 44.3 Å². The molecule has 2 atom stereocenters. The quantitative estimate of drug-likeness (QED) is 0.746. The summed E-state index contributed by atoms with van der Waals surface area (Å²) in [6, 6.07) is 8.85. The molecule has 0 aromatic heterocycles. The number of unbranched alkanes of at least 4 members (excludes halogenated alkanes) is 1. The normalized spacial score (nSPS) is 14.2. The molecule has 1 N–H and O–H groups in total. The predicted molar refractivity (Wildman–Crippen MR) is 78.1 cm³/mol. The Morgan fingerprint density at radius 3 is 2.67 bits per heavy atom. The zero-order chi connectivity index (χ0) is 13.4. The van der Waals surface area contributed by atoms with Gasteiger partial charge in [0, 0.05) is 6.04 Å². The smallest absolute Gasteiger partial charge is 0.119 e. The van der Waals surface area contributed by atoms with Gasteiger partial charge in [0.05, 0.1) is 7.11 Å². The van der Waals surface area contributed by atoms with E-state index >= 15 is 0 Å². The lowest BCUT2D eigenvalue weighted by Gasteiger charge is -2.25. The highest BCUT2D eigenvalue weighted by Crippen LogP contribution is 2.28. The van der Waals surface area contributed by atoms with E-state index in [1.807, 2.05) is 6.07 Å². The minimum Gasteiger partial charge on any atom is -0.497 e. The summed E-state index contributed by atoms with van der Waals surface area (Å²) in [5, 5.41) is 3.60. The summed E-state index contributed by atoms with van der Waals surface area (Å²) < 4.78 is 5.32. The summed E-state index contributed by atoms with van der Waals surface area (Å²) in [6.45, 7) is 7.75. The van der Waals surface area contributed by atoms with Gasteiger partial charge in [-0.05, 0) is 36.6 Å². The van der Waals surface area contributed by atoms with Crippen LogP contribution in [-0.4, -0.2) is 13.7 Å². The molecule has 0 fully saturated rings. The van der Waals surface area contributed by atoms with Gasteiger partial charge in [-0.1, -0.05) is 45.7 Å². The third-order valence-electron chi connectivity index (χ3n) is 3.46. The van der Waals surface area contributed by atoms with Gasteiger partial charge >= 0.3 is 0 Å². The van der Waals surface area contributed by atoms with Crippen LogP contribution < -0.4 is 10.1 Å². The Kier molecular flexibility index (Phi) is 6.81. The number of nitrogens with one attached hydrogen (secondary N) is 1. The molecule has 2 heteroatoms. The standard InChI is InChI=1S/C16H27NO/c1-5-7-9-13(3)16(17-6-2)14-10-8-11-15(12-14)18-4/h8,10-13,16-17H,5-7,9H2,1-4H3. The second kappa shape index (κ2) is 8.15. The third-order valence-corrected chi connectivity index (χ3v) is 3.46. The van der Waals surface area contributed by atoms with Crippen LogP contribution in [0, 0.1) is 5.92 Å². The minimum atomic E-state index is 0.427. The van der Waals surface area contributed by atoms with Gasteiger partial charge in [0.1, 0.15) is 5.75 Å². The molecule has 2 unspecified atom stereocenters. The molecule has 0 bridgehead atoms. The second-order valence-electron chi connectivity index (χ2n) is 4.93. The zero-order valence-electron chi connectivity index (χ0n) is 12.2. The number of methoxy groups -OCH3 is 1. The lowest BCUT2D eigenvalue weighted by molar-refractivity contribution is 0.360. The monoisotopic (exact) mass is 249 g/mol. The van der Waals surface area contributed by atoms with Crippen molar-refractivity contribution in [2.75, 3.05) is 13.7 Å². The van der Waals surface area contributed by atoms with E-state index in [1.54, 1.807) is 7.11 Å². The summed E-state index contributed by atoms with van der Waals surface area (Å²) in [5.41, 5.74) is 1.33. The van der Waals surface area contributed by atoms with Gasteiger partial charge in [0.15, 0.2) is 0 Å². The highest BCUT2D eigenvalue weighted by molar-refractivity contribution is 5.30. The Morgan fingerprint density at radius 2 is 2.06 bits per heavy atom. The van der Waals surface area contributed by atoms with Crippen molar-refractivity contribution < 1.29 is 4.74 Å². The number of hydrogen-bond acceptors (Lipinski definition) is 2. The molecule has 0 saturated heterocycles. The van der Waals surface area contributed by atoms with Crippen molar-refractivity contribution in [3.63, 3.8) is 0 Å². The fourth-order valence-electron chi connectivity index (χ4n) is 2.40. The van der Waals surface area contributed by atoms with Crippen molar-refractivity contribution in [1.29, 1.82) is 0 Å². The SMILES string of the molecule is CCCCC(C)C(NCC)c1cccc(OC)c1. The van der Waals surface area contributed by atoms with E-state index in [-0.39, 0.29) is 0 Å². The van der Waals surface area contributed by atoms with Crippen molar-refractivity contribution in [2.24, 2.45) is 5.92 Å². The zero-order valence-corrected chi connectivity index (χ0v) is 12.2. The van der Waals surface area contributed by atoms with Gasteiger partial charge in [-0.25, -0.2) is 0 Å². The molecular weight excluding hydrogens is 222 g/mol. The Bertz CT molecular complexity index is 338. The first-order valence-electron chi connectivity index (χ1n) is 7.10. The van der Waals surface area contributed by atoms with Crippen LogP contribution in [0.15, 0.2) is 24.3 Å². The molecule has 1 aromatic carbocycles. The topological polar surface area (TPSA) is 21.3 Å². The molecule has 2 nitrogen and oxygen atoms in total. The van der Waals surface area contributed by atoms with Crippen LogP contribution in [0.5, 0.6) is 5.75 Å². The lowest BCUT2D eigenvalue weighted by Crippen LogP contribution is -2.26. The second-order valence-corrected chi connectivity index (χ2v) is 4.93. The van der Waals surface area contributed by atoms with E-state index in [1.165, 1.54) is 24.8 Å². The fourth-order valence-corrected chi connectivity index (χ4v) is 2.40. The van der Waals surface area contributed by atoms with Crippen molar-refractivity contribution in [1.82, 2.24) is 5.32 Å². The molecule has 0 saturated carbocycles. The van der Waals surface area contributed by atoms with Crippen molar-refractivity contribution in [3.8, 4) is 5.75 Å². The van der Waals surface area contributed by atoms with Crippen LogP contribution in [-0.2, 0) is 0 Å². The van der Waals surface area contributed by atoms with Crippen LogP contribution in [0.4, 0.5) is 0 Å². The van der Waals surface area contributed by atoms with Gasteiger partial charge in [-0.2, -0.15) is 0 Å². The number of rotatable bonds is 8. The largest absolute Gasteiger partial charge is 0.497 e.